The van der Waals surface area contributed by atoms with Gasteiger partial charge in [-0.05, 0) is 60.8 Å². The molecule has 0 aliphatic heterocycles. The Morgan fingerprint density at radius 2 is 1.61 bits per heavy atom. The van der Waals surface area contributed by atoms with Crippen LogP contribution in [0.3, 0.4) is 0 Å². The summed E-state index contributed by atoms with van der Waals surface area (Å²) in [5.41, 5.74) is 4.14. The van der Waals surface area contributed by atoms with Gasteiger partial charge in [-0.3, -0.25) is 9.69 Å². The van der Waals surface area contributed by atoms with E-state index in [-0.39, 0.29) is 29.9 Å². The maximum Gasteiger partial charge on any atom is 0.243 e. The zero-order valence-electron chi connectivity index (χ0n) is 18.9. The first-order chi connectivity index (χ1) is 15.8. The summed E-state index contributed by atoms with van der Waals surface area (Å²) in [5, 5.41) is 2.88. The zero-order valence-corrected chi connectivity index (χ0v) is 19.8. The summed E-state index contributed by atoms with van der Waals surface area (Å²) in [6, 6.07) is 24.4. The molecule has 0 saturated heterocycles. The average molecular weight is 464 g/mol. The average Bonchev–Trinajstić information content (AvgIpc) is 3.24. The van der Waals surface area contributed by atoms with Gasteiger partial charge in [0.25, 0.3) is 0 Å². The van der Waals surface area contributed by atoms with E-state index in [1.54, 1.807) is 19.2 Å². The number of anilines is 1. The standard InChI is InChI=1S/C26H29N3O3S/c1-28(25-17-12-21-10-6-7-11-24(21)25)19-26(30)27-22-13-15-23(16-14-22)33(31,32)29(2)18-20-8-4-3-5-9-20/h3-11,13-16,25H,12,17-19H2,1-2H3,(H,27,30)/t25-/m0/s1. The highest BCUT2D eigenvalue weighted by molar-refractivity contribution is 7.89. The minimum absolute atomic E-state index is 0.126. The van der Waals surface area contributed by atoms with Crippen molar-refractivity contribution < 1.29 is 13.2 Å². The Bertz CT molecular complexity index is 1210. The van der Waals surface area contributed by atoms with Crippen LogP contribution in [0.15, 0.2) is 83.8 Å². The molecule has 1 aliphatic rings. The third kappa shape index (κ3) is 5.33. The fourth-order valence-electron chi connectivity index (χ4n) is 4.35. The van der Waals surface area contributed by atoms with Gasteiger partial charge in [-0.1, -0.05) is 54.6 Å². The lowest BCUT2D eigenvalue weighted by atomic mass is 10.1. The number of nitrogens with one attached hydrogen (secondary N) is 1. The van der Waals surface area contributed by atoms with Crippen LogP contribution in [-0.4, -0.2) is 44.2 Å². The zero-order chi connectivity index (χ0) is 23.4. The van der Waals surface area contributed by atoms with Crippen LogP contribution in [0.5, 0.6) is 0 Å². The first-order valence-electron chi connectivity index (χ1n) is 11.0. The molecule has 0 heterocycles. The van der Waals surface area contributed by atoms with Crippen molar-refractivity contribution in [3.63, 3.8) is 0 Å². The number of amides is 1. The van der Waals surface area contributed by atoms with E-state index < -0.39 is 10.0 Å². The van der Waals surface area contributed by atoms with Crippen molar-refractivity contribution >= 4 is 21.6 Å². The first kappa shape index (κ1) is 23.2. The normalized spacial score (nSPS) is 15.6. The van der Waals surface area contributed by atoms with E-state index in [0.717, 1.165) is 18.4 Å². The van der Waals surface area contributed by atoms with Crippen molar-refractivity contribution in [3.05, 3.63) is 95.6 Å². The number of hydrogen-bond donors (Lipinski definition) is 1. The summed E-state index contributed by atoms with van der Waals surface area (Å²) >= 11 is 0. The van der Waals surface area contributed by atoms with Gasteiger partial charge in [-0.2, -0.15) is 4.31 Å². The first-order valence-corrected chi connectivity index (χ1v) is 12.5. The minimum Gasteiger partial charge on any atom is -0.325 e. The van der Waals surface area contributed by atoms with Crippen molar-refractivity contribution in [1.29, 1.82) is 0 Å². The lowest BCUT2D eigenvalue weighted by Gasteiger charge is -2.24. The number of likely N-dealkylation sites (N-methyl/N-ethyl adjacent to an activating group) is 1. The molecular formula is C26H29N3O3S. The maximum absolute atomic E-state index is 12.9. The number of sulfonamides is 1. The van der Waals surface area contributed by atoms with E-state index in [2.05, 4.69) is 28.4 Å². The number of benzene rings is 3. The molecular weight excluding hydrogens is 434 g/mol. The number of hydrogen-bond acceptors (Lipinski definition) is 4. The number of carbonyl (C=O) groups excluding carboxylic acids is 1. The molecule has 33 heavy (non-hydrogen) atoms. The van der Waals surface area contributed by atoms with E-state index >= 15 is 0 Å². The fourth-order valence-corrected chi connectivity index (χ4v) is 5.50. The second-order valence-electron chi connectivity index (χ2n) is 8.49. The van der Waals surface area contributed by atoms with Gasteiger partial charge < -0.3 is 5.32 Å². The van der Waals surface area contributed by atoms with E-state index in [1.807, 2.05) is 43.4 Å². The highest BCUT2D eigenvalue weighted by Crippen LogP contribution is 2.34. The molecule has 4 rings (SSSR count). The predicted octanol–water partition coefficient (Wildman–Crippen LogP) is 4.07. The molecule has 0 spiro atoms. The third-order valence-corrected chi connectivity index (χ3v) is 7.94. The Kier molecular flexibility index (Phi) is 6.93. The van der Waals surface area contributed by atoms with Crippen LogP contribution in [0.25, 0.3) is 0 Å². The number of rotatable bonds is 8. The largest absolute Gasteiger partial charge is 0.325 e. The summed E-state index contributed by atoms with van der Waals surface area (Å²) in [4.78, 5) is 14.9. The summed E-state index contributed by atoms with van der Waals surface area (Å²) < 4.78 is 27.1. The molecule has 1 atom stereocenters. The molecule has 6 nitrogen and oxygen atoms in total. The summed E-state index contributed by atoms with van der Waals surface area (Å²) in [6.07, 6.45) is 2.04. The molecule has 7 heteroatoms. The summed E-state index contributed by atoms with van der Waals surface area (Å²) in [5.74, 6) is -0.126. The number of nitrogens with zero attached hydrogens (tertiary/aromatic N) is 2. The van der Waals surface area contributed by atoms with Crippen LogP contribution in [-0.2, 0) is 27.8 Å². The topological polar surface area (TPSA) is 69.7 Å². The second-order valence-corrected chi connectivity index (χ2v) is 10.5. The smallest absolute Gasteiger partial charge is 0.243 e. The van der Waals surface area contributed by atoms with E-state index in [9.17, 15) is 13.2 Å². The third-order valence-electron chi connectivity index (χ3n) is 6.12. The maximum atomic E-state index is 12.9. The van der Waals surface area contributed by atoms with E-state index in [4.69, 9.17) is 0 Å². The quantitative estimate of drug-likeness (QED) is 0.547. The molecule has 3 aromatic carbocycles. The Balaban J connectivity index is 1.35. The molecule has 0 bridgehead atoms. The second kappa shape index (κ2) is 9.87. The lowest BCUT2D eigenvalue weighted by molar-refractivity contribution is -0.117. The predicted molar refractivity (Wildman–Crippen MR) is 130 cm³/mol. The van der Waals surface area contributed by atoms with Gasteiger partial charge in [0.1, 0.15) is 0 Å². The fraction of sp³-hybridized carbons (Fsp3) is 0.269. The molecule has 172 valence electrons. The minimum atomic E-state index is -3.63. The number of fused-ring (bicyclic) bond motifs is 1. The Hall–Kier alpha value is -3.00. The molecule has 0 aromatic heterocycles. The molecule has 1 N–H and O–H groups in total. The van der Waals surface area contributed by atoms with Crippen LogP contribution in [0, 0.1) is 0 Å². The highest BCUT2D eigenvalue weighted by atomic mass is 32.2. The Labute approximate surface area is 195 Å². The van der Waals surface area contributed by atoms with Crippen molar-refractivity contribution in [1.82, 2.24) is 9.21 Å². The molecule has 1 amide bonds. The monoisotopic (exact) mass is 463 g/mol. The van der Waals surface area contributed by atoms with Crippen LogP contribution in [0.1, 0.15) is 29.2 Å². The van der Waals surface area contributed by atoms with Gasteiger partial charge >= 0.3 is 0 Å². The molecule has 3 aromatic rings. The van der Waals surface area contributed by atoms with E-state index in [0.29, 0.717) is 5.69 Å². The van der Waals surface area contributed by atoms with Gasteiger partial charge in [-0.25, -0.2) is 8.42 Å². The van der Waals surface area contributed by atoms with Gasteiger partial charge in [-0.15, -0.1) is 0 Å². The van der Waals surface area contributed by atoms with Gasteiger partial charge in [0.15, 0.2) is 0 Å². The van der Waals surface area contributed by atoms with Gasteiger partial charge in [0.2, 0.25) is 15.9 Å². The van der Waals surface area contributed by atoms with Crippen molar-refractivity contribution in [3.8, 4) is 0 Å². The van der Waals surface area contributed by atoms with Crippen LogP contribution >= 0.6 is 0 Å². The number of aryl methyl sites for hydroxylation is 1. The van der Waals surface area contributed by atoms with Gasteiger partial charge in [0.05, 0.1) is 11.4 Å². The molecule has 0 saturated carbocycles. The molecule has 0 fully saturated rings. The summed E-state index contributed by atoms with van der Waals surface area (Å²) in [7, 11) is -0.101. The molecule has 1 aliphatic carbocycles. The van der Waals surface area contributed by atoms with Crippen LogP contribution < -0.4 is 5.32 Å². The molecule has 0 radical (unpaired) electrons. The lowest BCUT2D eigenvalue weighted by Crippen LogP contribution is -2.32. The SMILES string of the molecule is CN(CC(=O)Nc1ccc(S(=O)(=O)N(C)Cc2ccccc2)cc1)[C@H]1CCc2ccccc21. The van der Waals surface area contributed by atoms with E-state index in [1.165, 1.54) is 27.6 Å². The number of carbonyl (C=O) groups is 1. The van der Waals surface area contributed by atoms with Crippen LogP contribution in [0.4, 0.5) is 5.69 Å². The Morgan fingerprint density at radius 3 is 2.33 bits per heavy atom. The Morgan fingerprint density at radius 1 is 0.939 bits per heavy atom. The molecule has 0 unspecified atom stereocenters. The van der Waals surface area contributed by atoms with Crippen molar-refractivity contribution in [2.45, 2.75) is 30.3 Å². The highest BCUT2D eigenvalue weighted by Gasteiger charge is 2.26. The van der Waals surface area contributed by atoms with Crippen molar-refractivity contribution in [2.75, 3.05) is 26.0 Å². The van der Waals surface area contributed by atoms with Crippen LogP contribution in [0.2, 0.25) is 0 Å². The summed E-state index contributed by atoms with van der Waals surface area (Å²) in [6.45, 7) is 0.553. The van der Waals surface area contributed by atoms with Crippen molar-refractivity contribution in [2.24, 2.45) is 0 Å². The van der Waals surface area contributed by atoms with Gasteiger partial charge in [0, 0.05) is 25.3 Å².